The Hall–Kier alpha value is -1.28. The van der Waals surface area contributed by atoms with E-state index in [1.807, 2.05) is 6.92 Å². The lowest BCUT2D eigenvalue weighted by Crippen LogP contribution is -2.80. The second kappa shape index (κ2) is 6.15. The molecule has 0 bridgehead atoms. The Morgan fingerprint density at radius 2 is 1.87 bits per heavy atom. The number of carbonyl (C=O) groups excluding carboxylic acids is 2. The molecule has 3 aliphatic carbocycles. The first kappa shape index (κ1) is 21.9. The van der Waals surface area contributed by atoms with E-state index >= 15 is 0 Å². The zero-order chi connectivity index (χ0) is 22.5. The molecule has 166 valence electrons. The average molecular weight is 435 g/mol. The van der Waals surface area contributed by atoms with Gasteiger partial charge < -0.3 is 19.4 Å². The Kier molecular flexibility index (Phi) is 4.50. The molecule has 7 atom stereocenters. The molecule has 30 heavy (non-hydrogen) atoms. The molecule has 0 aromatic heterocycles. The number of esters is 1. The summed E-state index contributed by atoms with van der Waals surface area (Å²) in [4.78, 5) is 25.9. The van der Waals surface area contributed by atoms with Crippen LogP contribution in [-0.2, 0) is 18.8 Å². The number of aliphatic hydroxyl groups excluding tert-OH is 2. The monoisotopic (exact) mass is 434 g/mol. The Balaban J connectivity index is 1.87. The second-order valence-corrected chi connectivity index (χ2v) is 16.1. The first-order valence-electron chi connectivity index (χ1n) is 10.8. The maximum atomic E-state index is 13.3. The van der Waals surface area contributed by atoms with E-state index in [1.165, 1.54) is 6.08 Å². The lowest BCUT2D eigenvalue weighted by molar-refractivity contribution is -0.285. The third-order valence-corrected chi connectivity index (χ3v) is 13.1. The maximum absolute atomic E-state index is 13.3. The van der Waals surface area contributed by atoms with Gasteiger partial charge in [0.1, 0.15) is 5.41 Å². The second-order valence-electron chi connectivity index (χ2n) is 11.3. The molecule has 4 aliphatic rings. The number of fused-ring (bicyclic) bond motifs is 4. The highest BCUT2D eigenvalue weighted by Gasteiger charge is 2.87. The molecule has 0 radical (unpaired) electrons. The van der Waals surface area contributed by atoms with Crippen LogP contribution in [0.1, 0.15) is 47.5 Å². The summed E-state index contributed by atoms with van der Waals surface area (Å²) in [5, 5.41) is 22.2. The molecule has 2 saturated carbocycles. The Labute approximate surface area is 179 Å². The molecular weight excluding hydrogens is 400 g/mol. The van der Waals surface area contributed by atoms with E-state index in [0.29, 0.717) is 12.0 Å². The standard InChI is InChI=1S/C23H34O6Si/c1-13-11-22(28-19(13)27)18-17(23(22)15(25)9-8-10-16(23)26)14(24)12-21(18,5)29-30(6,7)20(2,3)4/h8-9,11,14,16-18,24,26H,10,12H2,1-7H3/t14-,16+,17-,18-,21-,22-,23+/m0/s1. The van der Waals surface area contributed by atoms with Gasteiger partial charge in [-0.05, 0) is 50.6 Å². The number of aliphatic hydroxyl groups is 2. The summed E-state index contributed by atoms with van der Waals surface area (Å²) in [7, 11) is -2.24. The molecule has 0 saturated heterocycles. The minimum Gasteiger partial charge on any atom is -0.450 e. The number of hydrogen-bond acceptors (Lipinski definition) is 6. The van der Waals surface area contributed by atoms with Crippen molar-refractivity contribution in [3.8, 4) is 0 Å². The minimum atomic E-state index is -2.24. The van der Waals surface area contributed by atoms with Gasteiger partial charge in [0.05, 0.1) is 17.8 Å². The van der Waals surface area contributed by atoms with Crippen molar-refractivity contribution in [2.75, 3.05) is 0 Å². The molecule has 2 N–H and O–H groups in total. The highest BCUT2D eigenvalue weighted by Crippen LogP contribution is 2.74. The fraction of sp³-hybridized carbons (Fsp3) is 0.739. The summed E-state index contributed by atoms with van der Waals surface area (Å²) in [6, 6.07) is 0. The Morgan fingerprint density at radius 3 is 2.37 bits per heavy atom. The Morgan fingerprint density at radius 1 is 1.23 bits per heavy atom. The number of ether oxygens (including phenoxy) is 1. The summed E-state index contributed by atoms with van der Waals surface area (Å²) < 4.78 is 12.8. The molecule has 4 rings (SSSR count). The van der Waals surface area contributed by atoms with Gasteiger partial charge >= 0.3 is 5.97 Å². The van der Waals surface area contributed by atoms with Crippen molar-refractivity contribution in [2.24, 2.45) is 17.3 Å². The SMILES string of the molecule is CC1=C[C@]2(OC1=O)[C@H]1[C@H]([C@@H](O)C[C@]1(C)O[Si](C)(C)C(C)(C)C)[C@]21C(=O)C=CC[C@H]1O. The number of hydrogen-bond donors (Lipinski definition) is 2. The average Bonchev–Trinajstić information content (AvgIpc) is 2.99. The molecule has 0 aromatic rings. The minimum absolute atomic E-state index is 0.0470. The quantitative estimate of drug-likeness (QED) is 0.513. The van der Waals surface area contributed by atoms with Crippen molar-refractivity contribution in [3.63, 3.8) is 0 Å². The summed E-state index contributed by atoms with van der Waals surface area (Å²) in [5.41, 5.74) is -3.01. The topological polar surface area (TPSA) is 93.1 Å². The molecule has 7 heteroatoms. The van der Waals surface area contributed by atoms with Gasteiger partial charge in [-0.1, -0.05) is 26.8 Å². The number of rotatable bonds is 2. The van der Waals surface area contributed by atoms with Crippen LogP contribution in [0.2, 0.25) is 18.1 Å². The van der Waals surface area contributed by atoms with Crippen molar-refractivity contribution < 1.29 is 29.0 Å². The zero-order valence-corrected chi connectivity index (χ0v) is 20.0. The smallest absolute Gasteiger partial charge is 0.334 e. The molecule has 2 spiro atoms. The van der Waals surface area contributed by atoms with Gasteiger partial charge in [-0.3, -0.25) is 4.79 Å². The van der Waals surface area contributed by atoms with Crippen LogP contribution in [0.4, 0.5) is 0 Å². The normalized spacial score (nSPS) is 45.6. The maximum Gasteiger partial charge on any atom is 0.334 e. The summed E-state index contributed by atoms with van der Waals surface area (Å²) >= 11 is 0. The van der Waals surface area contributed by atoms with Crippen LogP contribution in [0.25, 0.3) is 0 Å². The summed E-state index contributed by atoms with van der Waals surface area (Å²) in [5.74, 6) is -1.69. The van der Waals surface area contributed by atoms with Crippen molar-refractivity contribution in [2.45, 2.75) is 89.0 Å². The fourth-order valence-electron chi connectivity index (χ4n) is 6.45. The predicted octanol–water partition coefficient (Wildman–Crippen LogP) is 2.90. The van der Waals surface area contributed by atoms with E-state index < -0.39 is 54.9 Å². The van der Waals surface area contributed by atoms with Gasteiger partial charge in [0.15, 0.2) is 19.7 Å². The van der Waals surface area contributed by atoms with Crippen LogP contribution in [0.15, 0.2) is 23.8 Å². The molecular formula is C23H34O6Si. The van der Waals surface area contributed by atoms with E-state index in [2.05, 4.69) is 33.9 Å². The predicted molar refractivity (Wildman–Crippen MR) is 114 cm³/mol. The van der Waals surface area contributed by atoms with E-state index in [-0.39, 0.29) is 17.2 Å². The molecule has 2 fully saturated rings. The largest absolute Gasteiger partial charge is 0.450 e. The van der Waals surface area contributed by atoms with E-state index in [0.717, 1.165) is 0 Å². The van der Waals surface area contributed by atoms with Crippen LogP contribution in [0, 0.1) is 17.3 Å². The summed E-state index contributed by atoms with van der Waals surface area (Å²) in [6.07, 6.45) is 3.61. The van der Waals surface area contributed by atoms with Gasteiger partial charge in [-0.15, -0.1) is 0 Å². The van der Waals surface area contributed by atoms with Crippen LogP contribution in [-0.4, -0.2) is 53.7 Å². The van der Waals surface area contributed by atoms with E-state index in [1.54, 1.807) is 19.1 Å². The van der Waals surface area contributed by atoms with Gasteiger partial charge in [0, 0.05) is 23.8 Å². The molecule has 0 aromatic carbocycles. The molecule has 0 unspecified atom stereocenters. The lowest BCUT2D eigenvalue weighted by Gasteiger charge is -2.67. The van der Waals surface area contributed by atoms with Crippen LogP contribution in [0.3, 0.4) is 0 Å². The fourth-order valence-corrected chi connectivity index (χ4v) is 8.14. The van der Waals surface area contributed by atoms with Gasteiger partial charge in [0.2, 0.25) is 0 Å². The van der Waals surface area contributed by atoms with Crippen molar-refractivity contribution in [1.29, 1.82) is 0 Å². The molecule has 6 nitrogen and oxygen atoms in total. The highest BCUT2D eigenvalue weighted by molar-refractivity contribution is 6.74. The first-order chi connectivity index (χ1) is 13.6. The third kappa shape index (κ3) is 2.40. The van der Waals surface area contributed by atoms with Crippen molar-refractivity contribution in [3.05, 3.63) is 23.8 Å². The molecule has 0 amide bonds. The van der Waals surface area contributed by atoms with Crippen LogP contribution < -0.4 is 0 Å². The third-order valence-electron chi connectivity index (χ3n) is 8.55. The van der Waals surface area contributed by atoms with E-state index in [9.17, 15) is 19.8 Å². The van der Waals surface area contributed by atoms with Gasteiger partial charge in [-0.2, -0.15) is 0 Å². The number of ketones is 1. The van der Waals surface area contributed by atoms with Crippen molar-refractivity contribution >= 4 is 20.1 Å². The summed E-state index contributed by atoms with van der Waals surface area (Å²) in [6.45, 7) is 14.4. The zero-order valence-electron chi connectivity index (χ0n) is 19.0. The van der Waals surface area contributed by atoms with Gasteiger partial charge in [-0.25, -0.2) is 4.79 Å². The highest BCUT2D eigenvalue weighted by atomic mass is 28.4. The first-order valence-corrected chi connectivity index (χ1v) is 13.7. The Bertz CT molecular complexity index is 869. The molecule has 1 heterocycles. The lowest BCUT2D eigenvalue weighted by atomic mass is 9.38. The van der Waals surface area contributed by atoms with Crippen molar-refractivity contribution in [1.82, 2.24) is 0 Å². The van der Waals surface area contributed by atoms with E-state index in [4.69, 9.17) is 9.16 Å². The van der Waals surface area contributed by atoms with Gasteiger partial charge in [0.25, 0.3) is 0 Å². The molecule has 1 aliphatic heterocycles. The number of allylic oxidation sites excluding steroid dienone is 1. The number of carbonyl (C=O) groups is 2. The van der Waals surface area contributed by atoms with Crippen LogP contribution >= 0.6 is 0 Å². The van der Waals surface area contributed by atoms with Crippen LogP contribution in [0.5, 0.6) is 0 Å².